The van der Waals surface area contributed by atoms with E-state index >= 15 is 0 Å². The standard InChI is InChI=1S/C15H18FNOS/c1-3-18-14-6-5-11(8-13(14)16)12(9-17)15-7-4-10(2)19-15/h4-8,12H,3,9,17H2,1-2H3. The molecule has 0 aliphatic carbocycles. The van der Waals surface area contributed by atoms with Crippen LogP contribution in [0.1, 0.15) is 28.2 Å². The first kappa shape index (κ1) is 14.0. The molecule has 1 unspecified atom stereocenters. The van der Waals surface area contributed by atoms with Gasteiger partial charge >= 0.3 is 0 Å². The molecule has 0 aliphatic rings. The first-order valence-corrected chi connectivity index (χ1v) is 7.16. The number of rotatable bonds is 5. The van der Waals surface area contributed by atoms with Gasteiger partial charge in [-0.15, -0.1) is 11.3 Å². The lowest BCUT2D eigenvalue weighted by Gasteiger charge is -2.15. The molecule has 2 rings (SSSR count). The van der Waals surface area contributed by atoms with Gasteiger partial charge in [0.15, 0.2) is 11.6 Å². The van der Waals surface area contributed by atoms with Crippen molar-refractivity contribution in [2.24, 2.45) is 5.73 Å². The Morgan fingerprint density at radius 3 is 2.63 bits per heavy atom. The molecule has 1 atom stereocenters. The summed E-state index contributed by atoms with van der Waals surface area (Å²) in [5.74, 6) is 0.0133. The summed E-state index contributed by atoms with van der Waals surface area (Å²) in [5.41, 5.74) is 6.74. The lowest BCUT2D eigenvalue weighted by molar-refractivity contribution is 0.321. The van der Waals surface area contributed by atoms with Crippen LogP contribution in [0, 0.1) is 12.7 Å². The molecule has 1 aromatic heterocycles. The molecule has 1 aromatic carbocycles. The Hall–Kier alpha value is -1.39. The van der Waals surface area contributed by atoms with Crippen molar-refractivity contribution in [3.63, 3.8) is 0 Å². The lowest BCUT2D eigenvalue weighted by atomic mass is 9.97. The third kappa shape index (κ3) is 3.14. The van der Waals surface area contributed by atoms with Crippen molar-refractivity contribution in [1.82, 2.24) is 0 Å². The van der Waals surface area contributed by atoms with E-state index in [0.29, 0.717) is 18.9 Å². The monoisotopic (exact) mass is 279 g/mol. The van der Waals surface area contributed by atoms with Gasteiger partial charge in [-0.1, -0.05) is 6.07 Å². The second-order valence-electron chi connectivity index (χ2n) is 4.36. The van der Waals surface area contributed by atoms with Crippen molar-refractivity contribution in [2.45, 2.75) is 19.8 Å². The summed E-state index contributed by atoms with van der Waals surface area (Å²) < 4.78 is 19.1. The number of hydrogen-bond donors (Lipinski definition) is 1. The third-order valence-corrected chi connectivity index (χ3v) is 4.11. The van der Waals surface area contributed by atoms with Gasteiger partial charge in [-0.25, -0.2) is 4.39 Å². The van der Waals surface area contributed by atoms with Crippen molar-refractivity contribution >= 4 is 11.3 Å². The molecule has 2 N–H and O–H groups in total. The van der Waals surface area contributed by atoms with Crippen molar-refractivity contribution in [3.8, 4) is 5.75 Å². The zero-order valence-electron chi connectivity index (χ0n) is 11.2. The summed E-state index contributed by atoms with van der Waals surface area (Å²) in [4.78, 5) is 2.41. The zero-order chi connectivity index (χ0) is 13.8. The minimum absolute atomic E-state index is 0.0453. The summed E-state index contributed by atoms with van der Waals surface area (Å²) >= 11 is 1.70. The highest BCUT2D eigenvalue weighted by Gasteiger charge is 2.16. The summed E-state index contributed by atoms with van der Waals surface area (Å²) in [5, 5.41) is 0. The average Bonchev–Trinajstić information content (AvgIpc) is 2.80. The van der Waals surface area contributed by atoms with Gasteiger partial charge in [0.25, 0.3) is 0 Å². The normalized spacial score (nSPS) is 12.4. The van der Waals surface area contributed by atoms with Crippen LogP contribution in [-0.4, -0.2) is 13.2 Å². The number of aryl methyl sites for hydroxylation is 1. The van der Waals surface area contributed by atoms with Gasteiger partial charge in [0, 0.05) is 22.2 Å². The predicted octanol–water partition coefficient (Wildman–Crippen LogP) is 3.68. The summed E-state index contributed by atoms with van der Waals surface area (Å²) in [7, 11) is 0. The van der Waals surface area contributed by atoms with Gasteiger partial charge in [-0.3, -0.25) is 0 Å². The van der Waals surface area contributed by atoms with E-state index in [1.165, 1.54) is 15.8 Å². The van der Waals surface area contributed by atoms with Crippen LogP contribution in [0.25, 0.3) is 0 Å². The molecule has 0 bridgehead atoms. The Morgan fingerprint density at radius 1 is 1.32 bits per heavy atom. The quantitative estimate of drug-likeness (QED) is 0.906. The summed E-state index contributed by atoms with van der Waals surface area (Å²) in [6, 6.07) is 9.22. The Kier molecular flexibility index (Phi) is 4.56. The lowest BCUT2D eigenvalue weighted by Crippen LogP contribution is -2.13. The maximum atomic E-state index is 13.9. The Labute approximate surface area is 117 Å². The smallest absolute Gasteiger partial charge is 0.165 e. The number of nitrogens with two attached hydrogens (primary N) is 1. The van der Waals surface area contributed by atoms with Crippen LogP contribution in [0.4, 0.5) is 4.39 Å². The number of halogens is 1. The fourth-order valence-corrected chi connectivity index (χ4v) is 3.08. The van der Waals surface area contributed by atoms with E-state index < -0.39 is 0 Å². The molecule has 0 fully saturated rings. The fraction of sp³-hybridized carbons (Fsp3) is 0.333. The van der Waals surface area contributed by atoms with E-state index in [1.54, 1.807) is 17.4 Å². The molecule has 0 radical (unpaired) electrons. The Bertz CT molecular complexity index is 553. The second-order valence-corrected chi connectivity index (χ2v) is 5.68. The number of thiophene rings is 1. The van der Waals surface area contributed by atoms with Crippen LogP contribution in [0.15, 0.2) is 30.3 Å². The first-order chi connectivity index (χ1) is 9.15. The highest BCUT2D eigenvalue weighted by molar-refractivity contribution is 7.12. The number of hydrogen-bond acceptors (Lipinski definition) is 3. The number of benzene rings is 1. The molecule has 0 spiro atoms. The maximum absolute atomic E-state index is 13.9. The Balaban J connectivity index is 2.31. The third-order valence-electron chi connectivity index (χ3n) is 3.00. The largest absolute Gasteiger partial charge is 0.491 e. The summed E-state index contributed by atoms with van der Waals surface area (Å²) in [6.07, 6.45) is 0. The predicted molar refractivity (Wildman–Crippen MR) is 77.5 cm³/mol. The van der Waals surface area contributed by atoms with Gasteiger partial charge in [-0.2, -0.15) is 0 Å². The molecule has 0 saturated carbocycles. The highest BCUT2D eigenvalue weighted by atomic mass is 32.1. The molecule has 4 heteroatoms. The highest BCUT2D eigenvalue weighted by Crippen LogP contribution is 2.31. The van der Waals surface area contributed by atoms with Crippen LogP contribution in [0.5, 0.6) is 5.75 Å². The minimum Gasteiger partial charge on any atom is -0.491 e. The van der Waals surface area contributed by atoms with E-state index in [-0.39, 0.29) is 11.7 Å². The van der Waals surface area contributed by atoms with E-state index in [2.05, 4.69) is 19.1 Å². The van der Waals surface area contributed by atoms with Gasteiger partial charge in [-0.05, 0) is 43.7 Å². The van der Waals surface area contributed by atoms with Gasteiger partial charge < -0.3 is 10.5 Å². The van der Waals surface area contributed by atoms with Gasteiger partial charge in [0.2, 0.25) is 0 Å². The van der Waals surface area contributed by atoms with Crippen LogP contribution in [0.3, 0.4) is 0 Å². The van der Waals surface area contributed by atoms with Gasteiger partial charge in [0.05, 0.1) is 6.61 Å². The molecule has 1 heterocycles. The molecule has 0 saturated heterocycles. The van der Waals surface area contributed by atoms with E-state index in [1.807, 2.05) is 13.0 Å². The topological polar surface area (TPSA) is 35.2 Å². The Morgan fingerprint density at radius 2 is 2.11 bits per heavy atom. The molecule has 102 valence electrons. The minimum atomic E-state index is -0.328. The maximum Gasteiger partial charge on any atom is 0.165 e. The van der Waals surface area contributed by atoms with E-state index in [0.717, 1.165) is 5.56 Å². The molecule has 0 aliphatic heterocycles. The van der Waals surface area contributed by atoms with Crippen molar-refractivity contribution in [2.75, 3.05) is 13.2 Å². The number of ether oxygens (including phenoxy) is 1. The first-order valence-electron chi connectivity index (χ1n) is 6.34. The fourth-order valence-electron chi connectivity index (χ4n) is 2.06. The van der Waals surface area contributed by atoms with Crippen LogP contribution in [-0.2, 0) is 0 Å². The van der Waals surface area contributed by atoms with Crippen molar-refractivity contribution in [1.29, 1.82) is 0 Å². The summed E-state index contributed by atoms with van der Waals surface area (Å²) in [6.45, 7) is 4.82. The molecule has 2 nitrogen and oxygen atoms in total. The SMILES string of the molecule is CCOc1ccc(C(CN)c2ccc(C)s2)cc1F. The molecular weight excluding hydrogens is 261 g/mol. The van der Waals surface area contributed by atoms with Crippen LogP contribution in [0.2, 0.25) is 0 Å². The average molecular weight is 279 g/mol. The second kappa shape index (κ2) is 6.17. The molecule has 2 aromatic rings. The van der Waals surface area contributed by atoms with Crippen molar-refractivity contribution < 1.29 is 9.13 Å². The molecule has 0 amide bonds. The molecule has 19 heavy (non-hydrogen) atoms. The zero-order valence-corrected chi connectivity index (χ0v) is 12.0. The van der Waals surface area contributed by atoms with Crippen LogP contribution >= 0.6 is 11.3 Å². The van der Waals surface area contributed by atoms with Gasteiger partial charge in [0.1, 0.15) is 0 Å². The van der Waals surface area contributed by atoms with Crippen LogP contribution < -0.4 is 10.5 Å². The van der Waals surface area contributed by atoms with Crippen molar-refractivity contribution in [3.05, 3.63) is 51.5 Å². The van der Waals surface area contributed by atoms with E-state index in [9.17, 15) is 4.39 Å². The molecular formula is C15H18FNOS. The van der Waals surface area contributed by atoms with E-state index in [4.69, 9.17) is 10.5 Å².